The molecule has 1 saturated carbocycles. The van der Waals surface area contributed by atoms with Gasteiger partial charge < -0.3 is 9.47 Å². The van der Waals surface area contributed by atoms with Gasteiger partial charge in [0.05, 0.1) is 0 Å². The summed E-state index contributed by atoms with van der Waals surface area (Å²) in [6, 6.07) is 3.39. The Balaban J connectivity index is 2.07. The van der Waals surface area contributed by atoms with Crippen LogP contribution in [0, 0.1) is 5.82 Å². The Hall–Kier alpha value is -1.77. The van der Waals surface area contributed by atoms with E-state index in [1.807, 2.05) is 0 Å². The number of nitrogens with one attached hydrogen (secondary N) is 1. The zero-order valence-corrected chi connectivity index (χ0v) is 17.6. The van der Waals surface area contributed by atoms with Crippen LogP contribution in [0.25, 0.3) is 0 Å². The number of nitrogens with zero attached hydrogens (tertiary/aromatic N) is 1. The topological polar surface area (TPSA) is 59.9 Å². The number of amidine groups is 1. The van der Waals surface area contributed by atoms with Gasteiger partial charge in [-0.15, -0.1) is 0 Å². The number of aliphatic imine (C=N–C) groups is 1. The van der Waals surface area contributed by atoms with E-state index < -0.39 is 40.6 Å². The molecular weight excluding hydrogens is 441 g/mol. The lowest BCUT2D eigenvalue weighted by Gasteiger charge is -2.54. The molecule has 3 rings (SSSR count). The zero-order valence-electron chi connectivity index (χ0n) is 16.0. The van der Waals surface area contributed by atoms with Gasteiger partial charge in [-0.05, 0) is 65.2 Å². The van der Waals surface area contributed by atoms with Gasteiger partial charge in [0.15, 0.2) is 11.1 Å². The standard InChI is InChI=1S/C19H22BrF3N2O3/c1-16(2,3)28-15(26)24-14-25-17(4,12-10-11(20)6-7-13(12)21)19(22,23)18(27-14)8-5-9-18/h6-7,10H,5,8-9H2,1-4H3,(H,24,25,26). The van der Waals surface area contributed by atoms with Crippen molar-refractivity contribution in [2.24, 2.45) is 4.99 Å². The molecule has 0 radical (unpaired) electrons. The number of alkyl halides is 2. The van der Waals surface area contributed by atoms with Gasteiger partial charge >= 0.3 is 12.0 Å². The van der Waals surface area contributed by atoms with Crippen molar-refractivity contribution in [3.63, 3.8) is 0 Å². The molecule has 0 aromatic heterocycles. The van der Waals surface area contributed by atoms with Gasteiger partial charge in [-0.1, -0.05) is 15.9 Å². The van der Waals surface area contributed by atoms with Gasteiger partial charge in [0, 0.05) is 10.0 Å². The molecule has 154 valence electrons. The van der Waals surface area contributed by atoms with Gasteiger partial charge in [-0.25, -0.2) is 19.5 Å². The van der Waals surface area contributed by atoms with Crippen LogP contribution in [0.4, 0.5) is 18.0 Å². The van der Waals surface area contributed by atoms with Crippen molar-refractivity contribution < 1.29 is 27.4 Å². The van der Waals surface area contributed by atoms with Crippen LogP contribution in [-0.4, -0.2) is 29.2 Å². The van der Waals surface area contributed by atoms with Crippen LogP contribution >= 0.6 is 15.9 Å². The third kappa shape index (κ3) is 3.38. The minimum Gasteiger partial charge on any atom is -0.452 e. The number of rotatable bonds is 1. The van der Waals surface area contributed by atoms with Gasteiger partial charge in [0.2, 0.25) is 0 Å². The van der Waals surface area contributed by atoms with Gasteiger partial charge in [-0.3, -0.25) is 0 Å². The average molecular weight is 463 g/mol. The SMILES string of the molecule is CC(C)(C)OC(=O)NC1=NC(C)(c2cc(Br)ccc2F)C(F)(F)C2(CCC2)O1. The minimum atomic E-state index is -3.50. The molecular formula is C19H22BrF3N2O3. The maximum atomic E-state index is 15.6. The van der Waals surface area contributed by atoms with Crippen molar-refractivity contribution in [2.75, 3.05) is 0 Å². The summed E-state index contributed by atoms with van der Waals surface area (Å²) >= 11 is 3.19. The molecule has 1 unspecified atom stereocenters. The fourth-order valence-electron chi connectivity index (χ4n) is 3.45. The lowest BCUT2D eigenvalue weighted by Crippen LogP contribution is -2.68. The molecule has 0 bridgehead atoms. The Morgan fingerprint density at radius 2 is 1.96 bits per heavy atom. The molecule has 1 aliphatic carbocycles. The molecule has 1 spiro atoms. The third-order valence-electron chi connectivity index (χ3n) is 5.02. The normalized spacial score (nSPS) is 25.4. The molecule has 5 nitrogen and oxygen atoms in total. The number of carbonyl (C=O) groups excluding carboxylic acids is 1. The van der Waals surface area contributed by atoms with E-state index >= 15 is 8.78 Å². The van der Waals surface area contributed by atoms with E-state index in [1.54, 1.807) is 20.8 Å². The van der Waals surface area contributed by atoms with Crippen LogP contribution in [-0.2, 0) is 15.0 Å². The molecule has 9 heteroatoms. The van der Waals surface area contributed by atoms with Gasteiger partial charge in [-0.2, -0.15) is 8.78 Å². The van der Waals surface area contributed by atoms with E-state index in [9.17, 15) is 9.18 Å². The molecule has 2 aliphatic rings. The molecule has 0 saturated heterocycles. The molecule has 1 N–H and O–H groups in total. The van der Waals surface area contributed by atoms with Crippen molar-refractivity contribution in [1.29, 1.82) is 0 Å². The highest BCUT2D eigenvalue weighted by atomic mass is 79.9. The number of hydrogen-bond acceptors (Lipinski definition) is 4. The quantitative estimate of drug-likeness (QED) is 0.617. The Morgan fingerprint density at radius 3 is 2.50 bits per heavy atom. The maximum Gasteiger partial charge on any atom is 0.415 e. The first kappa shape index (κ1) is 21.0. The lowest BCUT2D eigenvalue weighted by molar-refractivity contribution is -0.253. The van der Waals surface area contributed by atoms with E-state index in [1.165, 1.54) is 12.1 Å². The van der Waals surface area contributed by atoms with E-state index in [0.29, 0.717) is 10.9 Å². The number of hydrogen-bond donors (Lipinski definition) is 1. The first-order chi connectivity index (χ1) is 12.8. The van der Waals surface area contributed by atoms with Crippen molar-refractivity contribution in [3.05, 3.63) is 34.1 Å². The first-order valence-corrected chi connectivity index (χ1v) is 9.71. The first-order valence-electron chi connectivity index (χ1n) is 8.92. The zero-order chi connectivity index (χ0) is 21.0. The molecule has 1 aromatic rings. The molecule has 1 amide bonds. The highest BCUT2D eigenvalue weighted by molar-refractivity contribution is 9.10. The summed E-state index contributed by atoms with van der Waals surface area (Å²) in [4.78, 5) is 16.1. The monoisotopic (exact) mass is 462 g/mol. The number of amides is 1. The number of halogens is 4. The molecule has 1 atom stereocenters. The molecule has 1 heterocycles. The van der Waals surface area contributed by atoms with Crippen LogP contribution in [0.5, 0.6) is 0 Å². The summed E-state index contributed by atoms with van der Waals surface area (Å²) in [6.45, 7) is 6.15. The van der Waals surface area contributed by atoms with Crippen LogP contribution in [0.3, 0.4) is 0 Å². The maximum absolute atomic E-state index is 15.6. The second kappa shape index (κ2) is 6.64. The summed E-state index contributed by atoms with van der Waals surface area (Å²) in [5.41, 5.74) is -5.21. The van der Waals surface area contributed by atoms with Crippen LogP contribution in [0.15, 0.2) is 27.7 Å². The molecule has 1 fully saturated rings. The predicted octanol–water partition coefficient (Wildman–Crippen LogP) is 5.27. The number of carbonyl (C=O) groups is 1. The van der Waals surface area contributed by atoms with E-state index in [4.69, 9.17) is 9.47 Å². The minimum absolute atomic E-state index is 0.0697. The predicted molar refractivity (Wildman–Crippen MR) is 101 cm³/mol. The Labute approximate surface area is 169 Å². The van der Waals surface area contributed by atoms with Gasteiger partial charge in [0.25, 0.3) is 6.02 Å². The van der Waals surface area contributed by atoms with E-state index in [2.05, 4.69) is 26.2 Å². The van der Waals surface area contributed by atoms with Crippen molar-refractivity contribution in [3.8, 4) is 0 Å². The summed E-state index contributed by atoms with van der Waals surface area (Å²) in [5, 5.41) is 2.29. The van der Waals surface area contributed by atoms with Crippen LogP contribution in [0.1, 0.15) is 52.5 Å². The fourth-order valence-corrected chi connectivity index (χ4v) is 3.81. The molecule has 1 aliphatic heterocycles. The Morgan fingerprint density at radius 1 is 1.32 bits per heavy atom. The van der Waals surface area contributed by atoms with E-state index in [-0.39, 0.29) is 18.4 Å². The highest BCUT2D eigenvalue weighted by Gasteiger charge is 2.72. The second-order valence-corrected chi connectivity index (χ2v) is 9.18. The van der Waals surface area contributed by atoms with Crippen molar-refractivity contribution in [2.45, 2.75) is 69.6 Å². The third-order valence-corrected chi connectivity index (χ3v) is 5.52. The summed E-state index contributed by atoms with van der Waals surface area (Å²) in [5.74, 6) is -4.32. The average Bonchev–Trinajstić information content (AvgIpc) is 2.49. The van der Waals surface area contributed by atoms with E-state index in [0.717, 1.165) is 13.0 Å². The summed E-state index contributed by atoms with van der Waals surface area (Å²) in [6.07, 6.45) is -0.213. The smallest absolute Gasteiger partial charge is 0.415 e. The van der Waals surface area contributed by atoms with Crippen LogP contribution in [0.2, 0.25) is 0 Å². The summed E-state index contributed by atoms with van der Waals surface area (Å²) < 4.78 is 56.7. The van der Waals surface area contributed by atoms with Gasteiger partial charge in [0.1, 0.15) is 11.4 Å². The highest BCUT2D eigenvalue weighted by Crippen LogP contribution is 2.59. The van der Waals surface area contributed by atoms with Crippen molar-refractivity contribution >= 4 is 28.0 Å². The molecule has 28 heavy (non-hydrogen) atoms. The largest absolute Gasteiger partial charge is 0.452 e. The van der Waals surface area contributed by atoms with Crippen LogP contribution < -0.4 is 5.32 Å². The fraction of sp³-hybridized carbons (Fsp3) is 0.579. The lowest BCUT2D eigenvalue weighted by atomic mass is 9.66. The number of ether oxygens (including phenoxy) is 2. The molecule has 1 aromatic carbocycles. The Bertz CT molecular complexity index is 834. The second-order valence-electron chi connectivity index (χ2n) is 8.26. The Kier molecular flexibility index (Phi) is 4.97. The number of benzene rings is 1. The number of alkyl carbamates (subject to hydrolysis) is 1. The summed E-state index contributed by atoms with van der Waals surface area (Å²) in [7, 11) is 0. The van der Waals surface area contributed by atoms with Crippen molar-refractivity contribution in [1.82, 2.24) is 5.32 Å².